The number of hydrogen-bond donors (Lipinski definition) is 1. The minimum atomic E-state index is 0.281. The van der Waals surface area contributed by atoms with Crippen LogP contribution in [0.1, 0.15) is 46.0 Å². The predicted octanol–water partition coefficient (Wildman–Crippen LogP) is 2.58. The fraction of sp³-hybridized carbons (Fsp3) is 0.867. The Bertz CT molecular complexity index is 356. The number of hydrogen-bond acceptors (Lipinski definition) is 2. The number of amides is 1. The van der Waals surface area contributed by atoms with Gasteiger partial charge in [0, 0.05) is 25.4 Å². The van der Waals surface area contributed by atoms with Gasteiger partial charge in [-0.3, -0.25) is 4.79 Å². The van der Waals surface area contributed by atoms with Crippen molar-refractivity contribution >= 4 is 23.1 Å². The van der Waals surface area contributed by atoms with E-state index in [1.807, 2.05) is 4.90 Å². The summed E-state index contributed by atoms with van der Waals surface area (Å²) in [7, 11) is 0. The predicted molar refractivity (Wildman–Crippen MR) is 81.8 cm³/mol. The van der Waals surface area contributed by atoms with Gasteiger partial charge in [0.25, 0.3) is 0 Å². The van der Waals surface area contributed by atoms with Crippen LogP contribution in [-0.2, 0) is 4.79 Å². The Hall–Kier alpha value is -0.640. The van der Waals surface area contributed by atoms with Crippen LogP contribution in [-0.4, -0.2) is 28.9 Å². The summed E-state index contributed by atoms with van der Waals surface area (Å²) in [5, 5.41) is 0. The summed E-state index contributed by atoms with van der Waals surface area (Å²) in [5.74, 6) is 2.60. The Labute approximate surface area is 121 Å². The summed E-state index contributed by atoms with van der Waals surface area (Å²) in [6.07, 6.45) is 5.64. The number of rotatable bonds is 6. The first-order chi connectivity index (χ1) is 8.97. The number of nitrogens with zero attached hydrogens (tertiary/aromatic N) is 1. The van der Waals surface area contributed by atoms with Crippen LogP contribution in [0.15, 0.2) is 0 Å². The van der Waals surface area contributed by atoms with Crippen molar-refractivity contribution in [2.75, 3.05) is 13.1 Å². The van der Waals surface area contributed by atoms with E-state index in [1.54, 1.807) is 0 Å². The lowest BCUT2D eigenvalue weighted by Gasteiger charge is -2.30. The Morgan fingerprint density at radius 3 is 2.58 bits per heavy atom. The lowest BCUT2D eigenvalue weighted by atomic mass is 9.87. The number of carbonyl (C=O) groups excluding carboxylic acids is 1. The molecule has 1 amide bonds. The Morgan fingerprint density at radius 2 is 2.11 bits per heavy atom. The fourth-order valence-corrected chi connectivity index (χ4v) is 3.85. The highest BCUT2D eigenvalue weighted by Crippen LogP contribution is 2.48. The fourth-order valence-electron chi connectivity index (χ4n) is 3.76. The molecule has 2 rings (SSSR count). The molecule has 0 heterocycles. The summed E-state index contributed by atoms with van der Waals surface area (Å²) >= 11 is 4.94. The van der Waals surface area contributed by atoms with Gasteiger partial charge in [-0.05, 0) is 37.0 Å². The number of nitrogens with two attached hydrogens (primary N) is 1. The molecule has 0 aliphatic heterocycles. The van der Waals surface area contributed by atoms with E-state index in [0.29, 0.717) is 35.7 Å². The lowest BCUT2D eigenvalue weighted by Crippen LogP contribution is -2.41. The van der Waals surface area contributed by atoms with Gasteiger partial charge < -0.3 is 10.6 Å². The zero-order chi connectivity index (χ0) is 14.0. The van der Waals surface area contributed by atoms with Crippen LogP contribution in [0.2, 0.25) is 0 Å². The first kappa shape index (κ1) is 14.8. The van der Waals surface area contributed by atoms with Crippen LogP contribution in [0, 0.1) is 23.7 Å². The van der Waals surface area contributed by atoms with Gasteiger partial charge in [-0.25, -0.2) is 0 Å². The van der Waals surface area contributed by atoms with E-state index < -0.39 is 0 Å². The monoisotopic (exact) mass is 282 g/mol. The molecule has 0 aromatic carbocycles. The van der Waals surface area contributed by atoms with Crippen molar-refractivity contribution in [2.45, 2.75) is 46.0 Å². The van der Waals surface area contributed by atoms with Gasteiger partial charge in [-0.2, -0.15) is 0 Å². The zero-order valence-corrected chi connectivity index (χ0v) is 12.9. The summed E-state index contributed by atoms with van der Waals surface area (Å²) in [4.78, 5) is 15.2. The second kappa shape index (κ2) is 6.21. The van der Waals surface area contributed by atoms with Crippen LogP contribution in [0.4, 0.5) is 0 Å². The molecule has 4 heteroatoms. The molecule has 108 valence electrons. The maximum atomic E-state index is 12.7. The number of fused-ring (bicyclic) bond motifs is 2. The highest BCUT2D eigenvalue weighted by molar-refractivity contribution is 7.80. The second-order valence-electron chi connectivity index (χ2n) is 6.68. The topological polar surface area (TPSA) is 46.3 Å². The average Bonchev–Trinajstić information content (AvgIpc) is 2.95. The van der Waals surface area contributed by atoms with E-state index in [9.17, 15) is 4.79 Å². The Morgan fingerprint density at radius 1 is 1.37 bits per heavy atom. The SMILES string of the molecule is CC(C)CN(CCC(N)=S)C(=O)C1CC2CCC1C2. The normalized spacial score (nSPS) is 28.9. The molecular formula is C15H26N2OS. The minimum absolute atomic E-state index is 0.281. The molecule has 0 radical (unpaired) electrons. The first-order valence-electron chi connectivity index (χ1n) is 7.54. The third-order valence-electron chi connectivity index (χ3n) is 4.58. The van der Waals surface area contributed by atoms with Gasteiger partial charge in [-0.1, -0.05) is 32.5 Å². The maximum Gasteiger partial charge on any atom is 0.225 e. The van der Waals surface area contributed by atoms with Crippen molar-refractivity contribution in [3.8, 4) is 0 Å². The van der Waals surface area contributed by atoms with E-state index in [1.165, 1.54) is 19.3 Å². The molecule has 2 N–H and O–H groups in total. The summed E-state index contributed by atoms with van der Waals surface area (Å²) < 4.78 is 0. The standard InChI is InChI=1S/C15H26N2OS/c1-10(2)9-17(6-5-14(16)19)15(18)13-8-11-3-4-12(13)7-11/h10-13H,3-9H2,1-2H3,(H2,16,19). The molecule has 3 nitrogen and oxygen atoms in total. The van der Waals surface area contributed by atoms with E-state index in [0.717, 1.165) is 18.9 Å². The molecule has 19 heavy (non-hydrogen) atoms. The summed E-state index contributed by atoms with van der Waals surface area (Å²) in [6.45, 7) is 5.83. The molecule has 2 aliphatic carbocycles. The molecule has 3 atom stereocenters. The van der Waals surface area contributed by atoms with Gasteiger partial charge in [-0.15, -0.1) is 0 Å². The van der Waals surface area contributed by atoms with Crippen molar-refractivity contribution in [2.24, 2.45) is 29.4 Å². The third kappa shape index (κ3) is 3.68. The van der Waals surface area contributed by atoms with Gasteiger partial charge in [0.05, 0.1) is 4.99 Å². The van der Waals surface area contributed by atoms with Gasteiger partial charge in [0.2, 0.25) is 5.91 Å². The molecule has 2 fully saturated rings. The molecule has 2 saturated carbocycles. The summed E-state index contributed by atoms with van der Waals surface area (Å²) in [5.41, 5.74) is 5.58. The second-order valence-corrected chi connectivity index (χ2v) is 7.20. The highest BCUT2D eigenvalue weighted by atomic mass is 32.1. The van der Waals surface area contributed by atoms with E-state index in [2.05, 4.69) is 13.8 Å². The van der Waals surface area contributed by atoms with Crippen molar-refractivity contribution in [1.82, 2.24) is 4.90 Å². The zero-order valence-electron chi connectivity index (χ0n) is 12.1. The molecule has 0 aromatic heterocycles. The molecular weight excluding hydrogens is 256 g/mol. The summed E-state index contributed by atoms with van der Waals surface area (Å²) in [6, 6.07) is 0. The quantitative estimate of drug-likeness (QED) is 0.762. The van der Waals surface area contributed by atoms with E-state index in [-0.39, 0.29) is 5.92 Å². The van der Waals surface area contributed by atoms with Crippen LogP contribution in [0.3, 0.4) is 0 Å². The minimum Gasteiger partial charge on any atom is -0.393 e. The van der Waals surface area contributed by atoms with Crippen molar-refractivity contribution in [1.29, 1.82) is 0 Å². The maximum absolute atomic E-state index is 12.7. The third-order valence-corrected chi connectivity index (χ3v) is 4.78. The number of carbonyl (C=O) groups is 1. The van der Waals surface area contributed by atoms with Crippen molar-refractivity contribution in [3.63, 3.8) is 0 Å². The molecule has 0 saturated heterocycles. The van der Waals surface area contributed by atoms with Crippen molar-refractivity contribution < 1.29 is 4.79 Å². The van der Waals surface area contributed by atoms with Gasteiger partial charge >= 0.3 is 0 Å². The van der Waals surface area contributed by atoms with E-state index >= 15 is 0 Å². The molecule has 0 spiro atoms. The Balaban J connectivity index is 1.96. The molecule has 3 unspecified atom stereocenters. The Kier molecular flexibility index (Phi) is 4.82. The molecule has 2 bridgehead atoms. The first-order valence-corrected chi connectivity index (χ1v) is 7.95. The van der Waals surface area contributed by atoms with Crippen LogP contribution >= 0.6 is 12.2 Å². The molecule has 2 aliphatic rings. The largest absolute Gasteiger partial charge is 0.393 e. The average molecular weight is 282 g/mol. The van der Waals surface area contributed by atoms with Crippen LogP contribution in [0.25, 0.3) is 0 Å². The lowest BCUT2D eigenvalue weighted by molar-refractivity contribution is -0.137. The smallest absolute Gasteiger partial charge is 0.225 e. The van der Waals surface area contributed by atoms with E-state index in [4.69, 9.17) is 18.0 Å². The number of thiocarbonyl (C=S) groups is 1. The highest BCUT2D eigenvalue weighted by Gasteiger charge is 2.44. The van der Waals surface area contributed by atoms with Crippen molar-refractivity contribution in [3.05, 3.63) is 0 Å². The van der Waals surface area contributed by atoms with Crippen LogP contribution < -0.4 is 5.73 Å². The van der Waals surface area contributed by atoms with Gasteiger partial charge in [0.15, 0.2) is 0 Å². The van der Waals surface area contributed by atoms with Crippen LogP contribution in [0.5, 0.6) is 0 Å². The van der Waals surface area contributed by atoms with Gasteiger partial charge in [0.1, 0.15) is 0 Å². The molecule has 0 aromatic rings.